The molecule has 41 heavy (non-hydrogen) atoms. The lowest BCUT2D eigenvalue weighted by atomic mass is 9.77. The fraction of sp³-hybridized carbons (Fsp3) is 0.581. The van der Waals surface area contributed by atoms with Crippen LogP contribution in [0.5, 0.6) is 0 Å². The van der Waals surface area contributed by atoms with Gasteiger partial charge in [0.1, 0.15) is 17.6 Å². The Morgan fingerprint density at radius 1 is 1.15 bits per heavy atom. The number of piperidine rings is 1. The lowest BCUT2D eigenvalue weighted by Gasteiger charge is -2.54. The molecular weight excluding hydrogens is 582 g/mol. The second-order valence-corrected chi connectivity index (χ2v) is 13.2. The van der Waals surface area contributed by atoms with Crippen LogP contribution in [0.2, 0.25) is 0 Å². The van der Waals surface area contributed by atoms with E-state index in [1.165, 1.54) is 0 Å². The number of nitrogens with one attached hydrogen (secondary N) is 2. The molecule has 0 bridgehead atoms. The number of hydrogen-bond donors (Lipinski definition) is 2. The average molecular weight is 629 g/mol. The molecule has 0 radical (unpaired) electrons. The van der Waals surface area contributed by atoms with Crippen molar-refractivity contribution in [1.82, 2.24) is 24.8 Å². The molecule has 1 aromatic carbocycles. The molecule has 9 nitrogen and oxygen atoms in total. The van der Waals surface area contributed by atoms with Crippen LogP contribution in [-0.2, 0) is 9.53 Å². The Kier molecular flexibility index (Phi) is 10.1. The molecule has 3 heterocycles. The number of likely N-dealkylation sites (N-methyl/N-ethyl adjacent to an activating group) is 1. The lowest BCUT2D eigenvalue weighted by Crippen LogP contribution is -2.61. The van der Waals surface area contributed by atoms with Crippen LogP contribution >= 0.6 is 15.9 Å². The molecule has 1 saturated heterocycles. The minimum absolute atomic E-state index is 0.0765. The average Bonchev–Trinajstić information content (AvgIpc) is 3.36. The quantitative estimate of drug-likeness (QED) is 0.192. The molecule has 3 aromatic rings. The van der Waals surface area contributed by atoms with E-state index in [-0.39, 0.29) is 11.1 Å². The molecule has 0 atom stereocenters. The molecule has 224 valence electrons. The van der Waals surface area contributed by atoms with Gasteiger partial charge in [0.05, 0.1) is 23.3 Å². The summed E-state index contributed by atoms with van der Waals surface area (Å²) < 4.78 is 6.37. The van der Waals surface area contributed by atoms with E-state index in [0.717, 1.165) is 83.8 Å². The predicted octanol–water partition coefficient (Wildman–Crippen LogP) is 5.42. The molecule has 1 aliphatic rings. The highest BCUT2D eigenvalue weighted by molar-refractivity contribution is 9.10. The second kappa shape index (κ2) is 13.2. The van der Waals surface area contributed by atoms with E-state index in [1.807, 2.05) is 25.3 Å². The lowest BCUT2D eigenvalue weighted by molar-refractivity contribution is -0.106. The van der Waals surface area contributed by atoms with Gasteiger partial charge in [-0.2, -0.15) is 0 Å². The minimum atomic E-state index is 0.0765. The van der Waals surface area contributed by atoms with Crippen LogP contribution in [0.1, 0.15) is 47.5 Å². The fourth-order valence-corrected chi connectivity index (χ4v) is 6.30. The zero-order valence-electron chi connectivity index (χ0n) is 25.6. The second-order valence-electron chi connectivity index (χ2n) is 12.4. The van der Waals surface area contributed by atoms with Gasteiger partial charge in [-0.1, -0.05) is 0 Å². The van der Waals surface area contributed by atoms with Gasteiger partial charge in [0, 0.05) is 60.8 Å². The monoisotopic (exact) mass is 627 g/mol. The van der Waals surface area contributed by atoms with Crippen molar-refractivity contribution in [3.63, 3.8) is 0 Å². The normalized spacial score (nSPS) is 17.3. The first kappa shape index (κ1) is 31.4. The van der Waals surface area contributed by atoms with E-state index < -0.39 is 0 Å². The third kappa shape index (κ3) is 7.46. The van der Waals surface area contributed by atoms with Gasteiger partial charge >= 0.3 is 0 Å². The minimum Gasteiger partial charge on any atom is -0.380 e. The highest BCUT2D eigenvalue weighted by Gasteiger charge is 2.43. The summed E-state index contributed by atoms with van der Waals surface area (Å²) >= 11 is 3.73. The number of ether oxygens (including phenoxy) is 1. The maximum atomic E-state index is 11.4. The highest BCUT2D eigenvalue weighted by atomic mass is 79.9. The third-order valence-electron chi connectivity index (χ3n) is 8.50. The van der Waals surface area contributed by atoms with Crippen molar-refractivity contribution in [2.45, 2.75) is 64.6 Å². The molecule has 4 rings (SSSR count). The van der Waals surface area contributed by atoms with Crippen molar-refractivity contribution in [3.05, 3.63) is 34.9 Å². The Hall–Kier alpha value is -2.53. The van der Waals surface area contributed by atoms with E-state index in [9.17, 15) is 4.79 Å². The predicted molar refractivity (Wildman–Crippen MR) is 172 cm³/mol. The van der Waals surface area contributed by atoms with Crippen LogP contribution in [0.25, 0.3) is 22.6 Å². The van der Waals surface area contributed by atoms with Crippen LogP contribution in [-0.4, -0.2) is 102 Å². The molecule has 0 amide bonds. The number of aldehydes is 1. The van der Waals surface area contributed by atoms with Crippen molar-refractivity contribution in [1.29, 1.82) is 0 Å². The van der Waals surface area contributed by atoms with Crippen LogP contribution in [0.4, 0.5) is 11.4 Å². The number of benzene rings is 1. The van der Waals surface area contributed by atoms with Gasteiger partial charge in [-0.25, -0.2) is 9.97 Å². The Balaban J connectivity index is 1.51. The number of H-pyrrole nitrogens is 1. The van der Waals surface area contributed by atoms with Crippen molar-refractivity contribution in [2.24, 2.45) is 0 Å². The number of halogens is 1. The van der Waals surface area contributed by atoms with E-state index in [4.69, 9.17) is 9.72 Å². The molecule has 2 aromatic heterocycles. The first-order valence-corrected chi connectivity index (χ1v) is 15.3. The van der Waals surface area contributed by atoms with E-state index in [1.54, 1.807) is 0 Å². The number of aromatic nitrogens is 3. The Bertz CT molecular complexity index is 1290. The molecular formula is C31H46BrN7O2. The van der Waals surface area contributed by atoms with Gasteiger partial charge in [-0.3, -0.25) is 4.90 Å². The Labute approximate surface area is 253 Å². The van der Waals surface area contributed by atoms with Gasteiger partial charge in [0.25, 0.3) is 0 Å². The standard InChI is InChI=1S/C31H46BrN7O2/c1-8-41-18-16-37(6)13-14-39(15-17-40)24-11-9-22(10-12-24)28-35-27-26(25(32)21-33-29(27)36-28)34-23-19-30(2,3)38(7)31(4,5)20-23/h9-12,17,21,23H,8,13-16,18-20H2,1-7H3,(H2,33,34,35,36). The van der Waals surface area contributed by atoms with Crippen molar-refractivity contribution < 1.29 is 9.53 Å². The molecule has 0 unspecified atom stereocenters. The van der Waals surface area contributed by atoms with Crippen molar-refractivity contribution in [2.75, 3.05) is 63.7 Å². The topological polar surface area (TPSA) is 89.6 Å². The van der Waals surface area contributed by atoms with Crippen LogP contribution in [0.3, 0.4) is 0 Å². The number of nitrogens with zero attached hydrogens (tertiary/aromatic N) is 5. The van der Waals surface area contributed by atoms with Gasteiger partial charge in [-0.15, -0.1) is 0 Å². The zero-order chi connectivity index (χ0) is 29.8. The molecule has 0 spiro atoms. The number of aromatic amines is 1. The number of hydrogen-bond acceptors (Lipinski definition) is 8. The summed E-state index contributed by atoms with van der Waals surface area (Å²) in [5, 5.41) is 3.82. The summed E-state index contributed by atoms with van der Waals surface area (Å²) in [6, 6.07) is 8.51. The van der Waals surface area contributed by atoms with Crippen LogP contribution < -0.4 is 10.2 Å². The van der Waals surface area contributed by atoms with Crippen molar-refractivity contribution >= 4 is 44.8 Å². The summed E-state index contributed by atoms with van der Waals surface area (Å²) in [7, 11) is 4.30. The van der Waals surface area contributed by atoms with E-state index in [0.29, 0.717) is 19.2 Å². The summed E-state index contributed by atoms with van der Waals surface area (Å²) in [5.74, 6) is 0.766. The van der Waals surface area contributed by atoms with Gasteiger partial charge < -0.3 is 29.6 Å². The van der Waals surface area contributed by atoms with E-state index in [2.05, 4.69) is 99.8 Å². The number of fused-ring (bicyclic) bond motifs is 1. The number of carbonyl (C=O) groups is 1. The van der Waals surface area contributed by atoms with Gasteiger partial charge in [-0.05, 0) is 102 Å². The summed E-state index contributed by atoms with van der Waals surface area (Å²) in [4.78, 5) is 31.2. The number of pyridine rings is 1. The fourth-order valence-electron chi connectivity index (χ4n) is 5.90. The van der Waals surface area contributed by atoms with Crippen LogP contribution in [0, 0.1) is 0 Å². The first-order chi connectivity index (χ1) is 19.4. The molecule has 2 N–H and O–H groups in total. The Morgan fingerprint density at radius 3 is 2.46 bits per heavy atom. The number of imidazole rings is 1. The van der Waals surface area contributed by atoms with Gasteiger partial charge in [0.15, 0.2) is 5.65 Å². The maximum absolute atomic E-state index is 11.4. The van der Waals surface area contributed by atoms with Crippen LogP contribution in [0.15, 0.2) is 34.9 Å². The molecule has 0 saturated carbocycles. The van der Waals surface area contributed by atoms with Gasteiger partial charge in [0.2, 0.25) is 0 Å². The third-order valence-corrected chi connectivity index (χ3v) is 9.10. The maximum Gasteiger partial charge on any atom is 0.159 e. The zero-order valence-corrected chi connectivity index (χ0v) is 27.2. The smallest absolute Gasteiger partial charge is 0.159 e. The number of likely N-dealkylation sites (tertiary alicyclic amines) is 1. The number of rotatable bonds is 13. The SMILES string of the molecule is CCOCCN(C)CCN(CC=O)c1ccc(-c2nc3c(NC4CC(C)(C)N(C)C(C)(C)C4)c(Br)cnc3[nH]2)cc1. The molecule has 1 fully saturated rings. The number of carbonyl (C=O) groups excluding carboxylic acids is 1. The summed E-state index contributed by atoms with van der Waals surface area (Å²) in [6.45, 7) is 15.5. The van der Waals surface area contributed by atoms with E-state index >= 15 is 0 Å². The highest BCUT2D eigenvalue weighted by Crippen LogP contribution is 2.40. The Morgan fingerprint density at radius 2 is 1.83 bits per heavy atom. The molecule has 10 heteroatoms. The summed E-state index contributed by atoms with van der Waals surface area (Å²) in [6.07, 6.45) is 4.85. The summed E-state index contributed by atoms with van der Waals surface area (Å²) in [5.41, 5.74) is 4.67. The number of anilines is 2. The molecule has 1 aliphatic heterocycles. The molecule has 0 aliphatic carbocycles. The van der Waals surface area contributed by atoms with Crippen molar-refractivity contribution in [3.8, 4) is 11.4 Å². The largest absolute Gasteiger partial charge is 0.380 e. The first-order valence-electron chi connectivity index (χ1n) is 14.5.